The van der Waals surface area contributed by atoms with Gasteiger partial charge in [0.25, 0.3) is 5.91 Å². The van der Waals surface area contributed by atoms with Crippen LogP contribution in [0.3, 0.4) is 0 Å². The van der Waals surface area contributed by atoms with Crippen molar-refractivity contribution >= 4 is 50.3 Å². The molecule has 0 unspecified atom stereocenters. The third kappa shape index (κ3) is 5.15. The molecule has 4 aromatic rings. The third-order valence-corrected chi connectivity index (χ3v) is 5.82. The Labute approximate surface area is 216 Å². The molecule has 0 fully saturated rings. The van der Waals surface area contributed by atoms with Crippen molar-refractivity contribution in [3.8, 4) is 11.3 Å². The van der Waals surface area contributed by atoms with Crippen molar-refractivity contribution in [1.29, 1.82) is 0 Å². The Hall–Kier alpha value is -3.24. The molecule has 0 N–H and O–H groups in total. The molecule has 1 aromatic heterocycles. The number of esters is 1. The smallest absolute Gasteiger partial charge is 0.417 e. The van der Waals surface area contributed by atoms with Crippen LogP contribution in [0, 0.1) is 5.82 Å². The molecule has 188 valence electrons. The van der Waals surface area contributed by atoms with Gasteiger partial charge in [0, 0.05) is 15.4 Å². The Balaban J connectivity index is 0.00000176. The average Bonchev–Trinajstić information content (AvgIpc) is 3.21. The van der Waals surface area contributed by atoms with E-state index in [-0.39, 0.29) is 22.3 Å². The van der Waals surface area contributed by atoms with E-state index in [1.54, 1.807) is 6.07 Å². The summed E-state index contributed by atoms with van der Waals surface area (Å²) in [5.41, 5.74) is -2.00. The number of aromatic nitrogens is 2. The van der Waals surface area contributed by atoms with E-state index in [1.165, 1.54) is 24.3 Å². The summed E-state index contributed by atoms with van der Waals surface area (Å²) in [4.78, 5) is 25.0. The monoisotopic (exact) mass is 584 g/mol. The van der Waals surface area contributed by atoms with E-state index < -0.39 is 40.0 Å². The first-order valence-corrected chi connectivity index (χ1v) is 11.7. The number of hydrogen-bond donors (Lipinski definition) is 0. The Kier molecular flexibility index (Phi) is 8.20. The zero-order valence-corrected chi connectivity index (χ0v) is 21.4. The van der Waals surface area contributed by atoms with Gasteiger partial charge in [0.05, 0.1) is 34.3 Å². The number of rotatable bonds is 3. The first-order valence-electron chi connectivity index (χ1n) is 10.5. The molecule has 0 spiro atoms. The van der Waals surface area contributed by atoms with E-state index in [1.807, 2.05) is 13.8 Å². The molecule has 11 heteroatoms. The van der Waals surface area contributed by atoms with Gasteiger partial charge in [-0.1, -0.05) is 47.4 Å². The Morgan fingerprint density at radius 1 is 1.06 bits per heavy atom. The predicted octanol–water partition coefficient (Wildman–Crippen LogP) is 7.78. The summed E-state index contributed by atoms with van der Waals surface area (Å²) < 4.78 is 61.6. The normalized spacial score (nSPS) is 11.1. The molecule has 1 heterocycles. The predicted molar refractivity (Wildman–Crippen MR) is 132 cm³/mol. The van der Waals surface area contributed by atoms with Gasteiger partial charge in [-0.3, -0.25) is 4.79 Å². The zero-order valence-electron chi connectivity index (χ0n) is 19.1. The summed E-state index contributed by atoms with van der Waals surface area (Å²) in [6.45, 7) is 4.00. The van der Waals surface area contributed by atoms with Crippen molar-refractivity contribution in [2.75, 3.05) is 7.11 Å². The highest BCUT2D eigenvalue weighted by atomic mass is 79.9. The van der Waals surface area contributed by atoms with Crippen LogP contribution in [0.2, 0.25) is 5.02 Å². The molecule has 0 bridgehead atoms. The lowest BCUT2D eigenvalue weighted by molar-refractivity contribution is -0.137. The van der Waals surface area contributed by atoms with Crippen molar-refractivity contribution in [1.82, 2.24) is 9.78 Å². The van der Waals surface area contributed by atoms with Gasteiger partial charge >= 0.3 is 12.1 Å². The molecule has 0 aliphatic rings. The molecule has 0 radical (unpaired) electrons. The van der Waals surface area contributed by atoms with Gasteiger partial charge in [-0.05, 0) is 48.5 Å². The number of hydrogen-bond acceptors (Lipinski definition) is 4. The fraction of sp³-hybridized carbons (Fsp3) is 0.160. The van der Waals surface area contributed by atoms with Crippen LogP contribution in [0.1, 0.15) is 40.1 Å². The molecule has 0 aliphatic heterocycles. The number of carbonyl (C=O) groups is 2. The zero-order chi connectivity index (χ0) is 26.8. The molecule has 0 saturated carbocycles. The van der Waals surface area contributed by atoms with Gasteiger partial charge in [0.15, 0.2) is 0 Å². The van der Waals surface area contributed by atoms with Crippen LogP contribution < -0.4 is 0 Å². The van der Waals surface area contributed by atoms with Crippen molar-refractivity contribution in [3.05, 3.63) is 86.6 Å². The van der Waals surface area contributed by atoms with Gasteiger partial charge in [-0.15, -0.1) is 0 Å². The summed E-state index contributed by atoms with van der Waals surface area (Å²) >= 11 is 9.26. The maximum Gasteiger partial charge on any atom is 0.417 e. The molecule has 0 aliphatic carbocycles. The molecule has 0 saturated heterocycles. The van der Waals surface area contributed by atoms with Crippen LogP contribution in [-0.4, -0.2) is 28.8 Å². The maximum atomic E-state index is 14.9. The highest BCUT2D eigenvalue weighted by Gasteiger charge is 2.37. The van der Waals surface area contributed by atoms with Crippen molar-refractivity contribution in [3.63, 3.8) is 0 Å². The Bertz CT molecular complexity index is 1470. The van der Waals surface area contributed by atoms with Gasteiger partial charge < -0.3 is 4.74 Å². The number of alkyl halides is 3. The molecular formula is C25H18BrClF4N2O3. The van der Waals surface area contributed by atoms with E-state index in [2.05, 4.69) is 25.8 Å². The van der Waals surface area contributed by atoms with Crippen LogP contribution in [0.15, 0.2) is 59.1 Å². The highest BCUT2D eigenvalue weighted by Crippen LogP contribution is 2.37. The topological polar surface area (TPSA) is 61.2 Å². The highest BCUT2D eigenvalue weighted by molar-refractivity contribution is 9.10. The second-order valence-electron chi connectivity index (χ2n) is 7.07. The van der Waals surface area contributed by atoms with E-state index in [0.717, 1.165) is 36.1 Å². The quantitative estimate of drug-likeness (QED) is 0.182. The number of fused-ring (bicyclic) bond motifs is 1. The second kappa shape index (κ2) is 10.8. The van der Waals surface area contributed by atoms with Gasteiger partial charge in [0.2, 0.25) is 0 Å². The molecule has 36 heavy (non-hydrogen) atoms. The molecule has 4 rings (SSSR count). The van der Waals surface area contributed by atoms with Crippen molar-refractivity contribution < 1.29 is 31.9 Å². The molecular weight excluding hydrogens is 568 g/mol. The van der Waals surface area contributed by atoms with Gasteiger partial charge in [-0.25, -0.2) is 9.18 Å². The minimum Gasteiger partial charge on any atom is -0.465 e. The summed E-state index contributed by atoms with van der Waals surface area (Å²) in [7, 11) is 1.15. The minimum absolute atomic E-state index is 0.00891. The SMILES string of the molecule is CC.COC(=O)c1ccc(-c2nn(C(=O)c3c(Cl)cccc3C(F)(F)F)c3cc(Br)ccc23)c(F)c1. The van der Waals surface area contributed by atoms with E-state index >= 15 is 0 Å². The molecule has 0 amide bonds. The van der Waals surface area contributed by atoms with E-state index in [0.29, 0.717) is 9.86 Å². The van der Waals surface area contributed by atoms with Gasteiger partial charge in [0.1, 0.15) is 11.5 Å². The molecule has 0 atom stereocenters. The number of carbonyl (C=O) groups excluding carboxylic acids is 2. The lowest BCUT2D eigenvalue weighted by atomic mass is 10.0. The average molecular weight is 586 g/mol. The van der Waals surface area contributed by atoms with Crippen LogP contribution >= 0.6 is 27.5 Å². The van der Waals surface area contributed by atoms with Crippen molar-refractivity contribution in [2.24, 2.45) is 0 Å². The Morgan fingerprint density at radius 2 is 1.75 bits per heavy atom. The lowest BCUT2D eigenvalue weighted by Crippen LogP contribution is -2.20. The maximum absolute atomic E-state index is 14.9. The third-order valence-electron chi connectivity index (χ3n) is 5.01. The second-order valence-corrected chi connectivity index (χ2v) is 8.40. The van der Waals surface area contributed by atoms with Crippen LogP contribution in [0.5, 0.6) is 0 Å². The lowest BCUT2D eigenvalue weighted by Gasteiger charge is -2.13. The molecule has 3 aromatic carbocycles. The number of ether oxygens (including phenoxy) is 1. The number of halogens is 6. The fourth-order valence-corrected chi connectivity index (χ4v) is 4.08. The van der Waals surface area contributed by atoms with Gasteiger partial charge in [-0.2, -0.15) is 23.0 Å². The van der Waals surface area contributed by atoms with Crippen LogP contribution in [0.4, 0.5) is 17.6 Å². The number of nitrogens with zero attached hydrogens (tertiary/aromatic N) is 2. The summed E-state index contributed by atoms with van der Waals surface area (Å²) in [5, 5.41) is 4.05. The van der Waals surface area contributed by atoms with E-state index in [4.69, 9.17) is 11.6 Å². The largest absolute Gasteiger partial charge is 0.465 e. The number of methoxy groups -OCH3 is 1. The first-order chi connectivity index (χ1) is 17.0. The minimum atomic E-state index is -4.85. The molecule has 5 nitrogen and oxygen atoms in total. The summed E-state index contributed by atoms with van der Waals surface area (Å²) in [6, 6.07) is 11.1. The first kappa shape index (κ1) is 27.3. The summed E-state index contributed by atoms with van der Waals surface area (Å²) in [5.74, 6) is -2.73. The number of benzene rings is 3. The fourth-order valence-electron chi connectivity index (χ4n) is 3.48. The van der Waals surface area contributed by atoms with E-state index in [9.17, 15) is 27.2 Å². The van der Waals surface area contributed by atoms with Crippen LogP contribution in [0.25, 0.3) is 22.2 Å². The summed E-state index contributed by atoms with van der Waals surface area (Å²) in [6.07, 6.45) is -4.85. The Morgan fingerprint density at radius 3 is 2.36 bits per heavy atom. The standard InChI is InChI=1S/C23H12BrClF4N2O3.C2H6/c1-34-22(33)11-5-7-13(17(26)9-11)20-14-8-6-12(24)10-18(14)31(30-20)21(32)19-15(23(27,28)29)3-2-4-16(19)25;1-2/h2-10H,1H3;1-2H3. The van der Waals surface area contributed by atoms with Crippen LogP contribution in [-0.2, 0) is 10.9 Å². The van der Waals surface area contributed by atoms with Crippen molar-refractivity contribution in [2.45, 2.75) is 20.0 Å².